The van der Waals surface area contributed by atoms with Gasteiger partial charge >= 0.3 is 0 Å². The quantitative estimate of drug-likeness (QED) is 0.745. The number of rotatable bonds is 4. The van der Waals surface area contributed by atoms with Crippen molar-refractivity contribution in [1.82, 2.24) is 25.5 Å². The molecule has 0 spiro atoms. The molecule has 0 saturated carbocycles. The second kappa shape index (κ2) is 4.01. The predicted octanol–water partition coefficient (Wildman–Crippen LogP) is 0.0929. The van der Waals surface area contributed by atoms with Gasteiger partial charge in [-0.2, -0.15) is 4.80 Å². The first-order chi connectivity index (χ1) is 6.84. The van der Waals surface area contributed by atoms with Crippen molar-refractivity contribution in [2.24, 2.45) is 7.05 Å². The summed E-state index contributed by atoms with van der Waals surface area (Å²) < 4.78 is 5.15. The summed E-state index contributed by atoms with van der Waals surface area (Å²) in [6, 6.07) is 3.77. The molecule has 2 aromatic heterocycles. The lowest BCUT2D eigenvalue weighted by molar-refractivity contribution is 0.480. The van der Waals surface area contributed by atoms with Crippen molar-refractivity contribution in [2.45, 2.75) is 13.1 Å². The van der Waals surface area contributed by atoms with Gasteiger partial charge in [-0.25, -0.2) is 0 Å². The monoisotopic (exact) mass is 193 g/mol. The summed E-state index contributed by atoms with van der Waals surface area (Å²) in [7, 11) is 1.74. The van der Waals surface area contributed by atoms with E-state index in [0.717, 1.165) is 5.76 Å². The molecular weight excluding hydrogens is 182 g/mol. The molecule has 0 unspecified atom stereocenters. The molecule has 2 heterocycles. The summed E-state index contributed by atoms with van der Waals surface area (Å²) in [5.41, 5.74) is 0. The first kappa shape index (κ1) is 8.89. The van der Waals surface area contributed by atoms with E-state index in [2.05, 4.69) is 20.7 Å². The van der Waals surface area contributed by atoms with E-state index in [4.69, 9.17) is 4.42 Å². The molecule has 0 saturated heterocycles. The Labute approximate surface area is 80.9 Å². The summed E-state index contributed by atoms with van der Waals surface area (Å²) in [5, 5.41) is 14.7. The lowest BCUT2D eigenvalue weighted by Crippen LogP contribution is -2.13. The molecule has 6 heteroatoms. The van der Waals surface area contributed by atoms with Crippen LogP contribution < -0.4 is 5.32 Å². The van der Waals surface area contributed by atoms with E-state index < -0.39 is 0 Å². The molecule has 0 atom stereocenters. The van der Waals surface area contributed by atoms with Gasteiger partial charge in [0.25, 0.3) is 0 Å². The van der Waals surface area contributed by atoms with E-state index in [-0.39, 0.29) is 0 Å². The number of furan rings is 1. The van der Waals surface area contributed by atoms with Crippen LogP contribution in [-0.4, -0.2) is 20.2 Å². The van der Waals surface area contributed by atoms with Crippen molar-refractivity contribution >= 4 is 0 Å². The fourth-order valence-electron chi connectivity index (χ4n) is 1.10. The molecule has 2 aromatic rings. The van der Waals surface area contributed by atoms with Crippen LogP contribution in [0.3, 0.4) is 0 Å². The number of tetrazole rings is 1. The van der Waals surface area contributed by atoms with Gasteiger partial charge in [0.2, 0.25) is 0 Å². The van der Waals surface area contributed by atoms with Crippen LogP contribution in [0.1, 0.15) is 11.6 Å². The fraction of sp³-hybridized carbons (Fsp3) is 0.375. The van der Waals surface area contributed by atoms with E-state index >= 15 is 0 Å². The summed E-state index contributed by atoms with van der Waals surface area (Å²) >= 11 is 0. The molecule has 0 aliphatic carbocycles. The van der Waals surface area contributed by atoms with Gasteiger partial charge in [0.15, 0.2) is 5.82 Å². The molecule has 0 fully saturated rings. The van der Waals surface area contributed by atoms with Gasteiger partial charge in [0.1, 0.15) is 5.76 Å². The number of nitrogens with zero attached hydrogens (tertiary/aromatic N) is 4. The van der Waals surface area contributed by atoms with E-state index in [1.807, 2.05) is 12.1 Å². The highest BCUT2D eigenvalue weighted by atomic mass is 16.3. The molecular formula is C8H11N5O. The first-order valence-corrected chi connectivity index (χ1v) is 4.30. The third-order valence-electron chi connectivity index (χ3n) is 1.71. The Balaban J connectivity index is 1.78. The van der Waals surface area contributed by atoms with Crippen molar-refractivity contribution in [3.8, 4) is 0 Å². The second-order valence-electron chi connectivity index (χ2n) is 2.88. The van der Waals surface area contributed by atoms with Gasteiger partial charge in [-0.05, 0) is 17.3 Å². The van der Waals surface area contributed by atoms with Crippen LogP contribution in [0.15, 0.2) is 22.8 Å². The second-order valence-corrected chi connectivity index (χ2v) is 2.88. The van der Waals surface area contributed by atoms with E-state index in [0.29, 0.717) is 18.9 Å². The smallest absolute Gasteiger partial charge is 0.188 e. The Bertz CT molecular complexity index is 380. The Hall–Kier alpha value is -1.69. The molecule has 74 valence electrons. The number of aryl methyl sites for hydroxylation is 1. The summed E-state index contributed by atoms with van der Waals surface area (Å²) in [6.45, 7) is 1.26. The van der Waals surface area contributed by atoms with E-state index in [9.17, 15) is 0 Å². The van der Waals surface area contributed by atoms with Gasteiger partial charge < -0.3 is 9.73 Å². The average molecular weight is 193 g/mol. The zero-order valence-corrected chi connectivity index (χ0v) is 7.84. The van der Waals surface area contributed by atoms with Crippen LogP contribution in [0.4, 0.5) is 0 Å². The van der Waals surface area contributed by atoms with Crippen LogP contribution in [0.25, 0.3) is 0 Å². The van der Waals surface area contributed by atoms with Crippen LogP contribution >= 0.6 is 0 Å². The molecule has 0 radical (unpaired) electrons. The Morgan fingerprint density at radius 3 is 3.07 bits per heavy atom. The van der Waals surface area contributed by atoms with Crippen molar-refractivity contribution in [2.75, 3.05) is 0 Å². The third kappa shape index (κ3) is 2.17. The molecule has 1 N–H and O–H groups in total. The maximum absolute atomic E-state index is 5.15. The van der Waals surface area contributed by atoms with Gasteiger partial charge in [-0.3, -0.25) is 0 Å². The molecule has 14 heavy (non-hydrogen) atoms. The van der Waals surface area contributed by atoms with Crippen LogP contribution in [0, 0.1) is 0 Å². The van der Waals surface area contributed by atoms with Crippen molar-refractivity contribution in [3.05, 3.63) is 30.0 Å². The number of nitrogens with one attached hydrogen (secondary N) is 1. The maximum Gasteiger partial charge on any atom is 0.188 e. The molecule has 0 aromatic carbocycles. The van der Waals surface area contributed by atoms with Gasteiger partial charge in [0.05, 0.1) is 26.4 Å². The number of aromatic nitrogens is 4. The van der Waals surface area contributed by atoms with Crippen LogP contribution in [0.2, 0.25) is 0 Å². The normalized spacial score (nSPS) is 10.6. The Morgan fingerprint density at radius 2 is 2.43 bits per heavy atom. The Morgan fingerprint density at radius 1 is 1.50 bits per heavy atom. The summed E-state index contributed by atoms with van der Waals surface area (Å²) in [5.74, 6) is 1.58. The van der Waals surface area contributed by atoms with E-state index in [1.165, 1.54) is 4.80 Å². The van der Waals surface area contributed by atoms with Gasteiger partial charge in [-0.1, -0.05) is 0 Å². The van der Waals surface area contributed by atoms with E-state index in [1.54, 1.807) is 13.3 Å². The lowest BCUT2D eigenvalue weighted by atomic mass is 10.4. The average Bonchev–Trinajstić information content (AvgIpc) is 2.77. The highest BCUT2D eigenvalue weighted by molar-refractivity contribution is 4.97. The Kier molecular flexibility index (Phi) is 2.55. The molecule has 0 bridgehead atoms. The third-order valence-corrected chi connectivity index (χ3v) is 1.71. The predicted molar refractivity (Wildman–Crippen MR) is 48.0 cm³/mol. The number of hydrogen-bond donors (Lipinski definition) is 1. The topological polar surface area (TPSA) is 68.8 Å². The lowest BCUT2D eigenvalue weighted by Gasteiger charge is -1.96. The standard InChI is InChI=1S/C8H11N5O/c1-13-11-8(10-12-13)6-9-5-7-3-2-4-14-7/h2-4,9H,5-6H2,1H3. The van der Waals surface area contributed by atoms with Crippen molar-refractivity contribution < 1.29 is 4.42 Å². The zero-order valence-electron chi connectivity index (χ0n) is 7.84. The zero-order chi connectivity index (χ0) is 9.80. The molecule has 0 aliphatic heterocycles. The highest BCUT2D eigenvalue weighted by Crippen LogP contribution is 1.98. The van der Waals surface area contributed by atoms with Crippen LogP contribution in [-0.2, 0) is 20.1 Å². The largest absolute Gasteiger partial charge is 0.468 e. The first-order valence-electron chi connectivity index (χ1n) is 4.30. The van der Waals surface area contributed by atoms with Crippen LogP contribution in [0.5, 0.6) is 0 Å². The summed E-state index contributed by atoms with van der Waals surface area (Å²) in [6.07, 6.45) is 1.65. The van der Waals surface area contributed by atoms with Gasteiger partial charge in [0, 0.05) is 0 Å². The molecule has 0 amide bonds. The van der Waals surface area contributed by atoms with Gasteiger partial charge in [-0.15, -0.1) is 10.2 Å². The SMILES string of the molecule is Cn1nnc(CNCc2ccco2)n1. The minimum atomic E-state index is 0.592. The minimum Gasteiger partial charge on any atom is -0.468 e. The minimum absolute atomic E-state index is 0.592. The highest BCUT2D eigenvalue weighted by Gasteiger charge is 2.00. The van der Waals surface area contributed by atoms with Crippen molar-refractivity contribution in [3.63, 3.8) is 0 Å². The number of hydrogen-bond acceptors (Lipinski definition) is 5. The maximum atomic E-state index is 5.15. The molecule has 2 rings (SSSR count). The summed E-state index contributed by atoms with van der Waals surface area (Å²) in [4.78, 5) is 1.43. The molecule has 0 aliphatic rings. The molecule has 6 nitrogen and oxygen atoms in total. The fourth-order valence-corrected chi connectivity index (χ4v) is 1.10. The van der Waals surface area contributed by atoms with Crippen molar-refractivity contribution in [1.29, 1.82) is 0 Å².